The average molecular weight is 487 g/mol. The van der Waals surface area contributed by atoms with Crippen LogP contribution in [0.3, 0.4) is 0 Å². The van der Waals surface area contributed by atoms with Crippen LogP contribution in [0.5, 0.6) is 0 Å². The van der Waals surface area contributed by atoms with Gasteiger partial charge in [-0.2, -0.15) is 0 Å². The molecule has 4 rings (SSSR count). The van der Waals surface area contributed by atoms with Crippen LogP contribution in [0, 0.1) is 6.92 Å². The second-order valence-corrected chi connectivity index (χ2v) is 8.67. The molecule has 0 unspecified atom stereocenters. The van der Waals surface area contributed by atoms with Gasteiger partial charge in [0.05, 0.1) is 0 Å². The van der Waals surface area contributed by atoms with Crippen LogP contribution >= 0.6 is 0 Å². The van der Waals surface area contributed by atoms with Crippen molar-refractivity contribution in [2.45, 2.75) is 32.6 Å². The zero-order valence-corrected chi connectivity index (χ0v) is 20.2. The predicted molar refractivity (Wildman–Crippen MR) is 144 cm³/mol. The smallest absolute Gasteiger partial charge is 0.321 e. The first kappa shape index (κ1) is 24.7. The summed E-state index contributed by atoms with van der Waals surface area (Å²) in [6.07, 6.45) is 3.50. The molecule has 4 aromatic rings. The second kappa shape index (κ2) is 11.8. The maximum atomic E-state index is 12.3. The summed E-state index contributed by atoms with van der Waals surface area (Å²) in [5.74, 6) is 0.124. The zero-order chi connectivity index (χ0) is 25.3. The van der Waals surface area contributed by atoms with Gasteiger partial charge in [-0.25, -0.2) is 14.6 Å². The van der Waals surface area contributed by atoms with E-state index in [9.17, 15) is 14.4 Å². The molecule has 0 aliphatic carbocycles. The molecule has 0 saturated heterocycles. The predicted octanol–water partition coefficient (Wildman–Crippen LogP) is 4.89. The molecule has 1 aromatic heterocycles. The molecule has 0 bridgehead atoms. The lowest BCUT2D eigenvalue weighted by molar-refractivity contribution is 0.250. The Morgan fingerprint density at radius 2 is 1.36 bits per heavy atom. The number of nitrogens with zero attached hydrogens (tertiary/aromatic N) is 1. The molecule has 0 radical (unpaired) electrons. The van der Waals surface area contributed by atoms with Crippen LogP contribution in [0.15, 0.2) is 65.5 Å². The van der Waals surface area contributed by atoms with Crippen LogP contribution in [0.25, 0.3) is 21.5 Å². The van der Waals surface area contributed by atoms with Gasteiger partial charge < -0.3 is 16.0 Å². The first-order valence-electron chi connectivity index (χ1n) is 12.1. The SMILES string of the molecule is Cc1cc(=O)[nH]c(NC(=O)NCCCCCCNC(=O)Nc2ccc3cc4ccccc4cc3c2)n1. The van der Waals surface area contributed by atoms with Crippen LogP contribution in [0.4, 0.5) is 21.2 Å². The lowest BCUT2D eigenvalue weighted by Crippen LogP contribution is -2.31. The van der Waals surface area contributed by atoms with Crippen molar-refractivity contribution in [2.75, 3.05) is 23.7 Å². The van der Waals surface area contributed by atoms with Gasteiger partial charge in [-0.05, 0) is 65.6 Å². The number of fused-ring (bicyclic) bond motifs is 2. The first-order chi connectivity index (χ1) is 17.5. The van der Waals surface area contributed by atoms with Gasteiger partial charge in [0.25, 0.3) is 5.56 Å². The van der Waals surface area contributed by atoms with E-state index >= 15 is 0 Å². The summed E-state index contributed by atoms with van der Waals surface area (Å²) in [5.41, 5.74) is 0.970. The maximum absolute atomic E-state index is 12.3. The molecule has 36 heavy (non-hydrogen) atoms. The molecule has 3 aromatic carbocycles. The number of amides is 4. The van der Waals surface area contributed by atoms with Crippen LogP contribution < -0.4 is 26.8 Å². The number of nitrogens with one attached hydrogen (secondary N) is 5. The van der Waals surface area contributed by atoms with Crippen LogP contribution in [0.1, 0.15) is 31.4 Å². The third-order valence-electron chi connectivity index (χ3n) is 5.74. The average Bonchev–Trinajstić information content (AvgIpc) is 2.83. The van der Waals surface area contributed by atoms with Crippen LogP contribution in [-0.4, -0.2) is 35.1 Å². The number of aromatic nitrogens is 2. The van der Waals surface area contributed by atoms with E-state index in [1.54, 1.807) is 6.92 Å². The lowest BCUT2D eigenvalue weighted by atomic mass is 10.0. The molecule has 0 atom stereocenters. The summed E-state index contributed by atoms with van der Waals surface area (Å²) in [7, 11) is 0. The summed E-state index contributed by atoms with van der Waals surface area (Å²) in [5, 5.41) is 15.6. The Bertz CT molecular complexity index is 1430. The topological polar surface area (TPSA) is 128 Å². The quantitative estimate of drug-likeness (QED) is 0.170. The minimum absolute atomic E-state index is 0.124. The van der Waals surface area contributed by atoms with Crippen molar-refractivity contribution in [1.82, 2.24) is 20.6 Å². The lowest BCUT2D eigenvalue weighted by Gasteiger charge is -2.10. The number of aromatic amines is 1. The monoisotopic (exact) mass is 486 g/mol. The van der Waals surface area contributed by atoms with Gasteiger partial charge in [0, 0.05) is 30.5 Å². The highest BCUT2D eigenvalue weighted by Crippen LogP contribution is 2.25. The number of aryl methyl sites for hydroxylation is 1. The number of unbranched alkanes of at least 4 members (excludes halogenated alkanes) is 3. The Morgan fingerprint density at radius 1 is 0.750 bits per heavy atom. The highest BCUT2D eigenvalue weighted by Gasteiger charge is 2.05. The van der Waals surface area contributed by atoms with Crippen molar-refractivity contribution in [3.05, 3.63) is 76.7 Å². The van der Waals surface area contributed by atoms with E-state index in [0.29, 0.717) is 18.8 Å². The number of carbonyl (C=O) groups excluding carboxylic acids is 2. The third-order valence-corrected chi connectivity index (χ3v) is 5.74. The van der Waals surface area contributed by atoms with E-state index in [-0.39, 0.29) is 17.5 Å². The molecular weight excluding hydrogens is 456 g/mol. The highest BCUT2D eigenvalue weighted by atomic mass is 16.2. The van der Waals surface area contributed by atoms with Gasteiger partial charge in [-0.3, -0.25) is 15.1 Å². The Balaban J connectivity index is 1.10. The molecule has 0 fully saturated rings. The summed E-state index contributed by atoms with van der Waals surface area (Å²) in [4.78, 5) is 42.1. The van der Waals surface area contributed by atoms with E-state index in [1.165, 1.54) is 16.8 Å². The number of anilines is 2. The molecule has 0 saturated carbocycles. The van der Waals surface area contributed by atoms with E-state index in [2.05, 4.69) is 55.5 Å². The van der Waals surface area contributed by atoms with Crippen molar-refractivity contribution in [1.29, 1.82) is 0 Å². The third kappa shape index (κ3) is 7.05. The van der Waals surface area contributed by atoms with Gasteiger partial charge in [0.15, 0.2) is 0 Å². The number of hydrogen-bond acceptors (Lipinski definition) is 4. The Morgan fingerprint density at radius 3 is 2.03 bits per heavy atom. The molecule has 1 heterocycles. The van der Waals surface area contributed by atoms with Gasteiger partial charge in [0.1, 0.15) is 0 Å². The van der Waals surface area contributed by atoms with E-state index in [0.717, 1.165) is 42.1 Å². The van der Waals surface area contributed by atoms with Gasteiger partial charge >= 0.3 is 12.1 Å². The minimum Gasteiger partial charge on any atom is -0.338 e. The van der Waals surface area contributed by atoms with E-state index < -0.39 is 6.03 Å². The molecule has 4 amide bonds. The number of benzene rings is 3. The number of H-pyrrole nitrogens is 1. The summed E-state index contributed by atoms with van der Waals surface area (Å²) in [6.45, 7) is 2.76. The fraction of sp³-hybridized carbons (Fsp3) is 0.259. The molecule has 0 aliphatic rings. The van der Waals surface area contributed by atoms with Crippen molar-refractivity contribution in [3.63, 3.8) is 0 Å². The number of hydrogen-bond donors (Lipinski definition) is 5. The molecule has 9 heteroatoms. The number of rotatable bonds is 9. The number of carbonyl (C=O) groups is 2. The van der Waals surface area contributed by atoms with Crippen molar-refractivity contribution >= 4 is 45.2 Å². The fourth-order valence-corrected chi connectivity index (χ4v) is 3.99. The largest absolute Gasteiger partial charge is 0.338 e. The van der Waals surface area contributed by atoms with E-state index in [4.69, 9.17) is 0 Å². The summed E-state index contributed by atoms with van der Waals surface area (Å²) >= 11 is 0. The molecule has 9 nitrogen and oxygen atoms in total. The standard InChI is InChI=1S/C27H30N6O3/c1-18-14-24(34)32-25(30-18)33-27(36)29-13-7-3-2-6-12-28-26(35)31-23-11-10-21-15-19-8-4-5-9-20(19)16-22(21)17-23/h4-5,8-11,14-17H,2-3,6-7,12-13H2,1H3,(H2,28,31,35)(H3,29,30,32,33,34,36). The van der Waals surface area contributed by atoms with E-state index in [1.807, 2.05) is 30.3 Å². The van der Waals surface area contributed by atoms with Crippen molar-refractivity contribution < 1.29 is 9.59 Å². The summed E-state index contributed by atoms with van der Waals surface area (Å²) < 4.78 is 0. The fourth-order valence-electron chi connectivity index (χ4n) is 3.99. The molecule has 0 aliphatic heterocycles. The molecule has 5 N–H and O–H groups in total. The molecule has 0 spiro atoms. The van der Waals surface area contributed by atoms with Crippen LogP contribution in [0.2, 0.25) is 0 Å². The number of urea groups is 2. The first-order valence-corrected chi connectivity index (χ1v) is 12.1. The van der Waals surface area contributed by atoms with Gasteiger partial charge in [-0.15, -0.1) is 0 Å². The Kier molecular flexibility index (Phi) is 8.12. The Labute approximate surface area is 208 Å². The normalized spacial score (nSPS) is 10.8. The minimum atomic E-state index is -0.413. The second-order valence-electron chi connectivity index (χ2n) is 8.67. The van der Waals surface area contributed by atoms with Gasteiger partial charge in [0.2, 0.25) is 5.95 Å². The Hall–Kier alpha value is -4.40. The van der Waals surface area contributed by atoms with Crippen molar-refractivity contribution in [3.8, 4) is 0 Å². The van der Waals surface area contributed by atoms with Crippen molar-refractivity contribution in [2.24, 2.45) is 0 Å². The van der Waals surface area contributed by atoms with Gasteiger partial charge in [-0.1, -0.05) is 43.2 Å². The highest BCUT2D eigenvalue weighted by molar-refractivity contribution is 6.00. The maximum Gasteiger partial charge on any atom is 0.321 e. The molecular formula is C27H30N6O3. The zero-order valence-electron chi connectivity index (χ0n) is 20.2. The van der Waals surface area contributed by atoms with Crippen LogP contribution in [-0.2, 0) is 0 Å². The molecule has 186 valence electrons. The summed E-state index contributed by atoms with van der Waals surface area (Å²) in [6, 6.07) is 19.1.